The van der Waals surface area contributed by atoms with Crippen LogP contribution in [0.2, 0.25) is 5.02 Å². The van der Waals surface area contributed by atoms with Crippen molar-refractivity contribution >= 4 is 27.5 Å². The molecule has 0 amide bonds. The SMILES string of the molecule is Cn1cc(C(N)c2ccc(Cl)c(Br)c2)cn1. The van der Waals surface area contributed by atoms with Gasteiger partial charge < -0.3 is 5.73 Å². The maximum atomic E-state index is 6.13. The molecule has 1 aromatic heterocycles. The minimum Gasteiger partial charge on any atom is -0.320 e. The molecule has 1 unspecified atom stereocenters. The Bertz CT molecular complexity index is 510. The van der Waals surface area contributed by atoms with Gasteiger partial charge >= 0.3 is 0 Å². The van der Waals surface area contributed by atoms with E-state index in [1.807, 2.05) is 31.4 Å². The molecule has 1 aromatic carbocycles. The molecule has 0 saturated carbocycles. The standard InChI is InChI=1S/C11H11BrClN3/c1-16-6-8(5-15-16)11(14)7-2-3-10(13)9(12)4-7/h2-6,11H,14H2,1H3. The van der Waals surface area contributed by atoms with Crippen molar-refractivity contribution in [2.45, 2.75) is 6.04 Å². The molecule has 2 rings (SSSR count). The third-order valence-corrected chi connectivity index (χ3v) is 3.60. The van der Waals surface area contributed by atoms with Crippen LogP contribution in [0.25, 0.3) is 0 Å². The normalized spacial score (nSPS) is 12.8. The minimum atomic E-state index is -0.178. The molecule has 0 aliphatic carbocycles. The second kappa shape index (κ2) is 4.57. The van der Waals surface area contributed by atoms with Crippen molar-refractivity contribution in [2.75, 3.05) is 0 Å². The molecular weight excluding hydrogens is 289 g/mol. The monoisotopic (exact) mass is 299 g/mol. The van der Waals surface area contributed by atoms with Gasteiger partial charge in [-0.25, -0.2) is 0 Å². The maximum Gasteiger partial charge on any atom is 0.0583 e. The summed E-state index contributed by atoms with van der Waals surface area (Å²) in [5.74, 6) is 0. The van der Waals surface area contributed by atoms with Gasteiger partial charge in [0.2, 0.25) is 0 Å². The van der Waals surface area contributed by atoms with Crippen molar-refractivity contribution in [3.63, 3.8) is 0 Å². The average molecular weight is 301 g/mol. The van der Waals surface area contributed by atoms with Crippen molar-refractivity contribution in [3.05, 3.63) is 51.2 Å². The van der Waals surface area contributed by atoms with Gasteiger partial charge in [0.25, 0.3) is 0 Å². The van der Waals surface area contributed by atoms with E-state index in [0.717, 1.165) is 15.6 Å². The predicted molar refractivity (Wildman–Crippen MR) is 68.4 cm³/mol. The van der Waals surface area contributed by atoms with Gasteiger partial charge in [-0.05, 0) is 33.6 Å². The zero-order chi connectivity index (χ0) is 11.7. The predicted octanol–water partition coefficient (Wildman–Crippen LogP) is 2.88. The van der Waals surface area contributed by atoms with Crippen molar-refractivity contribution in [3.8, 4) is 0 Å². The Kier molecular flexibility index (Phi) is 3.33. The van der Waals surface area contributed by atoms with E-state index in [1.54, 1.807) is 10.9 Å². The Labute approximate surface area is 107 Å². The number of nitrogens with two attached hydrogens (primary N) is 1. The fourth-order valence-corrected chi connectivity index (χ4v) is 2.01. The Balaban J connectivity index is 2.33. The van der Waals surface area contributed by atoms with Crippen molar-refractivity contribution in [1.29, 1.82) is 0 Å². The van der Waals surface area contributed by atoms with Crippen LogP contribution in [0.1, 0.15) is 17.2 Å². The van der Waals surface area contributed by atoms with Gasteiger partial charge in [-0.15, -0.1) is 0 Å². The van der Waals surface area contributed by atoms with Gasteiger partial charge in [0.15, 0.2) is 0 Å². The summed E-state index contributed by atoms with van der Waals surface area (Å²) in [7, 11) is 1.87. The molecule has 16 heavy (non-hydrogen) atoms. The number of hydrogen-bond donors (Lipinski definition) is 1. The lowest BCUT2D eigenvalue weighted by molar-refractivity contribution is 0.765. The van der Waals surface area contributed by atoms with Gasteiger partial charge in [0.1, 0.15) is 0 Å². The second-order valence-electron chi connectivity index (χ2n) is 3.60. The fourth-order valence-electron chi connectivity index (χ4n) is 1.50. The summed E-state index contributed by atoms with van der Waals surface area (Å²) in [4.78, 5) is 0. The van der Waals surface area contributed by atoms with Crippen LogP contribution in [0.3, 0.4) is 0 Å². The first-order valence-electron chi connectivity index (χ1n) is 4.77. The van der Waals surface area contributed by atoms with E-state index in [0.29, 0.717) is 5.02 Å². The fraction of sp³-hybridized carbons (Fsp3) is 0.182. The zero-order valence-electron chi connectivity index (χ0n) is 8.69. The Morgan fingerprint density at radius 3 is 2.75 bits per heavy atom. The number of rotatable bonds is 2. The highest BCUT2D eigenvalue weighted by Gasteiger charge is 2.11. The first-order chi connectivity index (χ1) is 7.58. The summed E-state index contributed by atoms with van der Waals surface area (Å²) in [6.45, 7) is 0. The summed E-state index contributed by atoms with van der Waals surface area (Å²) in [6.07, 6.45) is 3.68. The highest BCUT2D eigenvalue weighted by molar-refractivity contribution is 9.10. The molecule has 84 valence electrons. The van der Waals surface area contributed by atoms with Gasteiger partial charge in [0, 0.05) is 23.3 Å². The van der Waals surface area contributed by atoms with E-state index < -0.39 is 0 Å². The van der Waals surface area contributed by atoms with E-state index in [1.165, 1.54) is 0 Å². The molecule has 0 fully saturated rings. The molecule has 2 N–H and O–H groups in total. The lowest BCUT2D eigenvalue weighted by atomic mass is 10.0. The topological polar surface area (TPSA) is 43.8 Å². The number of nitrogens with zero attached hydrogens (tertiary/aromatic N) is 2. The Hall–Kier alpha value is -0.840. The molecule has 3 nitrogen and oxygen atoms in total. The largest absolute Gasteiger partial charge is 0.320 e. The molecule has 0 aliphatic heterocycles. The van der Waals surface area contributed by atoms with Crippen LogP contribution in [0.5, 0.6) is 0 Å². The van der Waals surface area contributed by atoms with Crippen LogP contribution in [-0.4, -0.2) is 9.78 Å². The third-order valence-electron chi connectivity index (χ3n) is 2.39. The van der Waals surface area contributed by atoms with E-state index in [2.05, 4.69) is 21.0 Å². The first kappa shape index (κ1) is 11.6. The van der Waals surface area contributed by atoms with Gasteiger partial charge in [-0.2, -0.15) is 5.10 Å². The van der Waals surface area contributed by atoms with Crippen LogP contribution in [0.4, 0.5) is 0 Å². The molecule has 5 heteroatoms. The van der Waals surface area contributed by atoms with Gasteiger partial charge in [-0.1, -0.05) is 17.7 Å². The highest BCUT2D eigenvalue weighted by Crippen LogP contribution is 2.27. The lowest BCUT2D eigenvalue weighted by Crippen LogP contribution is -2.11. The van der Waals surface area contributed by atoms with Crippen LogP contribution in [0.15, 0.2) is 35.1 Å². The highest BCUT2D eigenvalue weighted by atomic mass is 79.9. The van der Waals surface area contributed by atoms with E-state index >= 15 is 0 Å². The van der Waals surface area contributed by atoms with Gasteiger partial charge in [0.05, 0.1) is 17.3 Å². The number of halogens is 2. The van der Waals surface area contributed by atoms with Crippen molar-refractivity contribution < 1.29 is 0 Å². The molecule has 2 aromatic rings. The average Bonchev–Trinajstić information content (AvgIpc) is 2.68. The summed E-state index contributed by atoms with van der Waals surface area (Å²) in [6, 6.07) is 5.50. The molecule has 1 heterocycles. The second-order valence-corrected chi connectivity index (χ2v) is 4.86. The zero-order valence-corrected chi connectivity index (χ0v) is 11.0. The van der Waals surface area contributed by atoms with Gasteiger partial charge in [-0.3, -0.25) is 4.68 Å². The van der Waals surface area contributed by atoms with Crippen molar-refractivity contribution in [2.24, 2.45) is 12.8 Å². The molecule has 0 bridgehead atoms. The van der Waals surface area contributed by atoms with Crippen molar-refractivity contribution in [1.82, 2.24) is 9.78 Å². The lowest BCUT2D eigenvalue weighted by Gasteiger charge is -2.10. The van der Waals surface area contributed by atoms with E-state index in [4.69, 9.17) is 17.3 Å². The van der Waals surface area contributed by atoms with E-state index in [-0.39, 0.29) is 6.04 Å². The number of aromatic nitrogens is 2. The summed E-state index contributed by atoms with van der Waals surface area (Å²) in [5, 5.41) is 4.78. The number of aryl methyl sites for hydroxylation is 1. The minimum absolute atomic E-state index is 0.178. The molecule has 1 atom stereocenters. The molecular formula is C11H11BrClN3. The van der Waals surface area contributed by atoms with Crippen LogP contribution in [-0.2, 0) is 7.05 Å². The number of benzene rings is 1. The first-order valence-corrected chi connectivity index (χ1v) is 5.94. The summed E-state index contributed by atoms with van der Waals surface area (Å²) < 4.78 is 2.59. The summed E-state index contributed by atoms with van der Waals surface area (Å²) >= 11 is 9.32. The third kappa shape index (κ3) is 2.29. The Morgan fingerprint density at radius 2 is 2.19 bits per heavy atom. The van der Waals surface area contributed by atoms with Crippen LogP contribution in [0, 0.1) is 0 Å². The molecule has 0 aliphatic rings. The van der Waals surface area contributed by atoms with E-state index in [9.17, 15) is 0 Å². The quantitative estimate of drug-likeness (QED) is 0.927. The molecule has 0 spiro atoms. The maximum absolute atomic E-state index is 6.13. The van der Waals surface area contributed by atoms with Crippen LogP contribution >= 0.6 is 27.5 Å². The smallest absolute Gasteiger partial charge is 0.0583 e. The number of hydrogen-bond acceptors (Lipinski definition) is 2. The molecule has 0 radical (unpaired) electrons. The molecule has 0 saturated heterocycles. The Morgan fingerprint density at radius 1 is 1.44 bits per heavy atom. The van der Waals surface area contributed by atoms with Crippen LogP contribution < -0.4 is 5.73 Å². The summed E-state index contributed by atoms with van der Waals surface area (Å²) in [5.41, 5.74) is 8.12.